The largest absolute Gasteiger partial charge is 0.464 e. The number of pyridine rings is 1. The molecule has 0 aliphatic heterocycles. The Morgan fingerprint density at radius 1 is 1.61 bits per heavy atom. The van der Waals surface area contributed by atoms with E-state index in [0.717, 1.165) is 18.4 Å². The normalized spacial score (nSPS) is 20.1. The maximum absolute atomic E-state index is 11.5. The number of carbonyl (C=O) groups excluding carboxylic acids is 1. The summed E-state index contributed by atoms with van der Waals surface area (Å²) in [6, 6.07) is 1.55. The fraction of sp³-hybridized carbons (Fsp3) is 0.538. The molecule has 1 aliphatic rings. The fourth-order valence-electron chi connectivity index (χ4n) is 2.35. The van der Waals surface area contributed by atoms with Crippen LogP contribution in [0.3, 0.4) is 0 Å². The summed E-state index contributed by atoms with van der Waals surface area (Å²) in [5.74, 6) is -0.558. The highest BCUT2D eigenvalue weighted by Crippen LogP contribution is 2.33. The molecule has 1 aromatic rings. The molecule has 18 heavy (non-hydrogen) atoms. The molecular weight excluding hydrogens is 234 g/mol. The lowest BCUT2D eigenvalue weighted by atomic mass is 9.88. The van der Waals surface area contributed by atoms with Crippen LogP contribution in [-0.4, -0.2) is 28.3 Å². The minimum absolute atomic E-state index is 0.133. The highest BCUT2D eigenvalue weighted by Gasteiger charge is 2.26. The van der Waals surface area contributed by atoms with Crippen LogP contribution in [0.1, 0.15) is 59.3 Å². The third-order valence-electron chi connectivity index (χ3n) is 3.26. The molecule has 1 heterocycles. The van der Waals surface area contributed by atoms with Gasteiger partial charge in [0.1, 0.15) is 5.69 Å². The molecule has 0 fully saturated rings. The average molecular weight is 251 g/mol. The number of nitrogens with zero attached hydrogens (tertiary/aromatic N) is 1. The van der Waals surface area contributed by atoms with Gasteiger partial charge in [0.25, 0.3) is 0 Å². The monoisotopic (exact) mass is 251 g/mol. The second-order valence-corrected chi connectivity index (χ2v) is 4.54. The second kappa shape index (κ2) is 5.04. The van der Waals surface area contributed by atoms with E-state index in [-0.39, 0.29) is 5.69 Å². The van der Waals surface area contributed by atoms with E-state index < -0.39 is 18.2 Å². The smallest absolute Gasteiger partial charge is 0.356 e. The lowest BCUT2D eigenvalue weighted by molar-refractivity contribution is 0.0591. The first-order valence-corrected chi connectivity index (χ1v) is 6.02. The molecule has 2 rings (SSSR count). The van der Waals surface area contributed by atoms with E-state index in [1.165, 1.54) is 7.11 Å². The molecule has 0 saturated heterocycles. The van der Waals surface area contributed by atoms with E-state index in [1.807, 2.05) is 0 Å². The van der Waals surface area contributed by atoms with E-state index >= 15 is 0 Å². The Morgan fingerprint density at radius 3 is 2.94 bits per heavy atom. The van der Waals surface area contributed by atoms with Crippen molar-refractivity contribution < 1.29 is 19.7 Å². The molecule has 1 aliphatic carbocycles. The number of hydrogen-bond donors (Lipinski definition) is 2. The first-order valence-electron chi connectivity index (χ1n) is 6.02. The van der Waals surface area contributed by atoms with Gasteiger partial charge >= 0.3 is 5.97 Å². The molecule has 5 nitrogen and oxygen atoms in total. The van der Waals surface area contributed by atoms with Crippen molar-refractivity contribution in [2.45, 2.75) is 38.4 Å². The van der Waals surface area contributed by atoms with E-state index in [9.17, 15) is 15.0 Å². The highest BCUT2D eigenvalue weighted by molar-refractivity contribution is 5.87. The number of carbonyl (C=O) groups is 1. The molecule has 0 amide bonds. The number of ether oxygens (including phenoxy) is 1. The van der Waals surface area contributed by atoms with E-state index in [0.29, 0.717) is 17.7 Å². The minimum atomic E-state index is -0.699. The van der Waals surface area contributed by atoms with Gasteiger partial charge in [-0.3, -0.25) is 0 Å². The predicted molar refractivity (Wildman–Crippen MR) is 64.1 cm³/mol. The van der Waals surface area contributed by atoms with Gasteiger partial charge in [0.2, 0.25) is 0 Å². The molecule has 0 bridgehead atoms. The van der Waals surface area contributed by atoms with Gasteiger partial charge < -0.3 is 14.9 Å². The Morgan fingerprint density at radius 2 is 2.33 bits per heavy atom. The topological polar surface area (TPSA) is 79.7 Å². The first kappa shape index (κ1) is 13.0. The van der Waals surface area contributed by atoms with Gasteiger partial charge in [-0.05, 0) is 43.4 Å². The number of hydrogen-bond acceptors (Lipinski definition) is 5. The predicted octanol–water partition coefficient (Wildman–Crippen LogP) is 1.29. The minimum Gasteiger partial charge on any atom is -0.464 e. The lowest BCUT2D eigenvalue weighted by Gasteiger charge is -2.24. The second-order valence-electron chi connectivity index (χ2n) is 4.54. The third-order valence-corrected chi connectivity index (χ3v) is 3.26. The average Bonchev–Trinajstić information content (AvgIpc) is 2.37. The van der Waals surface area contributed by atoms with Gasteiger partial charge in [0.05, 0.1) is 25.0 Å². The molecule has 0 aromatic carbocycles. The van der Waals surface area contributed by atoms with E-state index in [1.54, 1.807) is 13.0 Å². The molecule has 0 radical (unpaired) electrons. The summed E-state index contributed by atoms with van der Waals surface area (Å²) in [5, 5.41) is 19.7. The van der Waals surface area contributed by atoms with Crippen LogP contribution >= 0.6 is 0 Å². The molecular formula is C13H17NO4. The van der Waals surface area contributed by atoms with Gasteiger partial charge in [-0.1, -0.05) is 0 Å². The van der Waals surface area contributed by atoms with Crippen LogP contribution in [0.5, 0.6) is 0 Å². The summed E-state index contributed by atoms with van der Waals surface area (Å²) in [7, 11) is 1.28. The standard InChI is InChI=1S/C13H17NO4/c1-7(15)9-6-10(13(17)18-2)14-12-8(9)4-3-5-11(12)16/h6-7,11,15-16H,3-5H2,1-2H3. The molecule has 5 heteroatoms. The maximum Gasteiger partial charge on any atom is 0.356 e. The van der Waals surface area contributed by atoms with Gasteiger partial charge in [-0.2, -0.15) is 0 Å². The summed E-state index contributed by atoms with van der Waals surface area (Å²) in [6.45, 7) is 1.64. The van der Waals surface area contributed by atoms with Gasteiger partial charge in [-0.25, -0.2) is 9.78 Å². The van der Waals surface area contributed by atoms with Crippen molar-refractivity contribution in [2.75, 3.05) is 7.11 Å². The first-order chi connectivity index (χ1) is 8.54. The van der Waals surface area contributed by atoms with Crippen molar-refractivity contribution in [3.8, 4) is 0 Å². The zero-order valence-corrected chi connectivity index (χ0v) is 10.5. The molecule has 98 valence electrons. The summed E-state index contributed by atoms with van der Waals surface area (Å²) in [6.07, 6.45) is 0.879. The van der Waals surface area contributed by atoms with Crippen molar-refractivity contribution in [1.82, 2.24) is 4.98 Å². The summed E-state index contributed by atoms with van der Waals surface area (Å²) < 4.78 is 4.63. The fourth-order valence-corrected chi connectivity index (χ4v) is 2.35. The Labute approximate surface area is 105 Å². The molecule has 2 atom stereocenters. The van der Waals surface area contributed by atoms with Gasteiger partial charge in [-0.15, -0.1) is 0 Å². The SMILES string of the molecule is COC(=O)c1cc(C(C)O)c2c(n1)C(O)CCC2. The third kappa shape index (κ3) is 2.23. The lowest BCUT2D eigenvalue weighted by Crippen LogP contribution is -2.18. The Kier molecular flexibility index (Phi) is 3.63. The molecule has 0 saturated carbocycles. The zero-order valence-electron chi connectivity index (χ0n) is 10.5. The van der Waals surface area contributed by atoms with Crippen molar-refractivity contribution in [2.24, 2.45) is 0 Å². The van der Waals surface area contributed by atoms with Crippen LogP contribution in [0.15, 0.2) is 6.07 Å². The quantitative estimate of drug-likeness (QED) is 0.774. The summed E-state index contributed by atoms with van der Waals surface area (Å²) in [4.78, 5) is 15.7. The Hall–Kier alpha value is -1.46. The number of methoxy groups -OCH3 is 1. The number of esters is 1. The van der Waals surface area contributed by atoms with Crippen molar-refractivity contribution in [3.05, 3.63) is 28.6 Å². The van der Waals surface area contributed by atoms with Crippen LogP contribution in [0.2, 0.25) is 0 Å². The van der Waals surface area contributed by atoms with Crippen LogP contribution in [0.4, 0.5) is 0 Å². The number of fused-ring (bicyclic) bond motifs is 1. The number of aliphatic hydroxyl groups is 2. The number of aliphatic hydroxyl groups excluding tert-OH is 2. The number of rotatable bonds is 2. The van der Waals surface area contributed by atoms with E-state index in [4.69, 9.17) is 0 Å². The number of aromatic nitrogens is 1. The summed E-state index contributed by atoms with van der Waals surface area (Å²) >= 11 is 0. The van der Waals surface area contributed by atoms with E-state index in [2.05, 4.69) is 9.72 Å². The zero-order chi connectivity index (χ0) is 13.3. The van der Waals surface area contributed by atoms with Crippen molar-refractivity contribution in [1.29, 1.82) is 0 Å². The highest BCUT2D eigenvalue weighted by atomic mass is 16.5. The van der Waals surface area contributed by atoms with Crippen LogP contribution in [0.25, 0.3) is 0 Å². The molecule has 2 N–H and O–H groups in total. The molecule has 0 spiro atoms. The molecule has 2 unspecified atom stereocenters. The van der Waals surface area contributed by atoms with Crippen LogP contribution < -0.4 is 0 Å². The Bertz CT molecular complexity index is 453. The van der Waals surface area contributed by atoms with Crippen molar-refractivity contribution in [3.63, 3.8) is 0 Å². The summed E-state index contributed by atoms with van der Waals surface area (Å²) in [5.41, 5.74) is 2.14. The van der Waals surface area contributed by atoms with Gasteiger partial charge in [0, 0.05) is 0 Å². The van der Waals surface area contributed by atoms with Crippen LogP contribution in [0, 0.1) is 0 Å². The maximum atomic E-state index is 11.5. The van der Waals surface area contributed by atoms with Crippen molar-refractivity contribution >= 4 is 5.97 Å². The Balaban J connectivity index is 2.58. The van der Waals surface area contributed by atoms with Gasteiger partial charge in [0.15, 0.2) is 0 Å². The molecule has 1 aromatic heterocycles. The van der Waals surface area contributed by atoms with Crippen LogP contribution in [-0.2, 0) is 11.2 Å².